The minimum Gasteiger partial charge on any atom is -0.349 e. The lowest BCUT2D eigenvalue weighted by molar-refractivity contribution is 0.144. The van der Waals surface area contributed by atoms with Crippen molar-refractivity contribution in [2.45, 2.75) is 63.8 Å². The Labute approximate surface area is 116 Å². The van der Waals surface area contributed by atoms with Crippen molar-refractivity contribution in [3.63, 3.8) is 0 Å². The van der Waals surface area contributed by atoms with Gasteiger partial charge in [0.1, 0.15) is 5.82 Å². The van der Waals surface area contributed by atoms with E-state index in [2.05, 4.69) is 15.3 Å². The van der Waals surface area contributed by atoms with Crippen molar-refractivity contribution in [1.82, 2.24) is 15.3 Å². The number of hydrogen-bond donors (Lipinski definition) is 2. The number of imidazole rings is 1. The highest BCUT2D eigenvalue weighted by Crippen LogP contribution is 2.40. The van der Waals surface area contributed by atoms with E-state index in [-0.39, 0.29) is 0 Å². The molecule has 0 aliphatic heterocycles. The molecule has 2 aliphatic carbocycles. The van der Waals surface area contributed by atoms with Gasteiger partial charge in [-0.1, -0.05) is 25.7 Å². The SMILES string of the molecule is c1c[nH]c(CCCNC2CCC3CCCCC3C2)n1. The second kappa shape index (κ2) is 6.56. The zero-order valence-corrected chi connectivity index (χ0v) is 11.9. The molecule has 3 unspecified atom stereocenters. The number of H-pyrrole nitrogens is 1. The van der Waals surface area contributed by atoms with Gasteiger partial charge in [0.2, 0.25) is 0 Å². The molecule has 0 bridgehead atoms. The molecule has 19 heavy (non-hydrogen) atoms. The zero-order valence-electron chi connectivity index (χ0n) is 11.9. The van der Waals surface area contributed by atoms with Gasteiger partial charge in [-0.25, -0.2) is 4.98 Å². The quantitative estimate of drug-likeness (QED) is 0.799. The van der Waals surface area contributed by atoms with Crippen LogP contribution in [0.1, 0.15) is 57.2 Å². The van der Waals surface area contributed by atoms with Crippen molar-refractivity contribution < 1.29 is 0 Å². The van der Waals surface area contributed by atoms with Crippen LogP contribution >= 0.6 is 0 Å². The number of aromatic nitrogens is 2. The highest BCUT2D eigenvalue weighted by atomic mass is 14.9. The van der Waals surface area contributed by atoms with Crippen LogP contribution in [0, 0.1) is 11.8 Å². The Morgan fingerprint density at radius 1 is 1.16 bits per heavy atom. The minimum absolute atomic E-state index is 0.788. The van der Waals surface area contributed by atoms with Crippen LogP contribution in [0.25, 0.3) is 0 Å². The van der Waals surface area contributed by atoms with Gasteiger partial charge in [0, 0.05) is 24.9 Å². The number of rotatable bonds is 5. The van der Waals surface area contributed by atoms with Crippen molar-refractivity contribution in [2.75, 3.05) is 6.54 Å². The summed E-state index contributed by atoms with van der Waals surface area (Å²) >= 11 is 0. The molecule has 0 saturated heterocycles. The van der Waals surface area contributed by atoms with Gasteiger partial charge >= 0.3 is 0 Å². The van der Waals surface area contributed by atoms with Gasteiger partial charge < -0.3 is 10.3 Å². The fourth-order valence-corrected chi connectivity index (χ4v) is 4.06. The molecule has 1 aromatic heterocycles. The van der Waals surface area contributed by atoms with E-state index >= 15 is 0 Å². The average Bonchev–Trinajstić information content (AvgIpc) is 2.97. The van der Waals surface area contributed by atoms with Crippen LogP contribution in [0.5, 0.6) is 0 Å². The molecule has 3 atom stereocenters. The summed E-state index contributed by atoms with van der Waals surface area (Å²) in [6.45, 7) is 1.14. The van der Waals surface area contributed by atoms with Gasteiger partial charge in [-0.05, 0) is 44.1 Å². The van der Waals surface area contributed by atoms with Gasteiger partial charge in [-0.15, -0.1) is 0 Å². The van der Waals surface area contributed by atoms with Gasteiger partial charge in [0.05, 0.1) is 0 Å². The van der Waals surface area contributed by atoms with Gasteiger partial charge in [0.15, 0.2) is 0 Å². The van der Waals surface area contributed by atoms with Crippen LogP contribution in [-0.4, -0.2) is 22.6 Å². The molecule has 106 valence electrons. The molecular formula is C16H27N3. The molecule has 2 saturated carbocycles. The van der Waals surface area contributed by atoms with E-state index < -0.39 is 0 Å². The molecular weight excluding hydrogens is 234 g/mol. The number of fused-ring (bicyclic) bond motifs is 1. The fraction of sp³-hybridized carbons (Fsp3) is 0.812. The minimum atomic E-state index is 0.788. The maximum absolute atomic E-state index is 4.27. The molecule has 0 aromatic carbocycles. The van der Waals surface area contributed by atoms with Gasteiger partial charge in [-0.3, -0.25) is 0 Å². The Balaban J connectivity index is 1.34. The standard InChI is InChI=1S/C16H27N3/c1-2-5-14-12-15(8-7-13(14)4-1)17-9-3-6-16-18-10-11-19-16/h10-11,13-15,17H,1-9,12H2,(H,18,19). The van der Waals surface area contributed by atoms with E-state index in [4.69, 9.17) is 0 Å². The van der Waals surface area contributed by atoms with E-state index in [9.17, 15) is 0 Å². The molecule has 3 nitrogen and oxygen atoms in total. The molecule has 0 radical (unpaired) electrons. The van der Waals surface area contributed by atoms with E-state index in [1.54, 1.807) is 0 Å². The summed E-state index contributed by atoms with van der Waals surface area (Å²) < 4.78 is 0. The summed E-state index contributed by atoms with van der Waals surface area (Å²) in [5, 5.41) is 3.78. The molecule has 1 aromatic rings. The number of aromatic amines is 1. The first-order chi connectivity index (χ1) is 9.42. The molecule has 0 amide bonds. The van der Waals surface area contributed by atoms with E-state index in [1.807, 2.05) is 12.4 Å². The molecule has 3 heteroatoms. The first-order valence-corrected chi connectivity index (χ1v) is 8.13. The average molecular weight is 261 g/mol. The second-order valence-corrected chi connectivity index (χ2v) is 6.41. The molecule has 2 aliphatic rings. The van der Waals surface area contributed by atoms with Gasteiger partial charge in [0.25, 0.3) is 0 Å². The third-order valence-electron chi connectivity index (χ3n) is 5.12. The first-order valence-electron chi connectivity index (χ1n) is 8.13. The lowest BCUT2D eigenvalue weighted by Crippen LogP contribution is -2.39. The van der Waals surface area contributed by atoms with Crippen LogP contribution in [0.4, 0.5) is 0 Å². The van der Waals surface area contributed by atoms with Crippen LogP contribution in [0.2, 0.25) is 0 Å². The Morgan fingerprint density at radius 3 is 2.89 bits per heavy atom. The molecule has 2 fully saturated rings. The highest BCUT2D eigenvalue weighted by Gasteiger charge is 2.31. The van der Waals surface area contributed by atoms with Crippen LogP contribution < -0.4 is 5.32 Å². The number of nitrogens with zero attached hydrogens (tertiary/aromatic N) is 1. The predicted octanol–water partition coefficient (Wildman–Crippen LogP) is 3.29. The predicted molar refractivity (Wildman–Crippen MR) is 78.0 cm³/mol. The molecule has 2 N–H and O–H groups in total. The summed E-state index contributed by atoms with van der Waals surface area (Å²) in [6.07, 6.45) is 16.3. The molecule has 0 spiro atoms. The zero-order chi connectivity index (χ0) is 12.9. The van der Waals surface area contributed by atoms with E-state index in [0.29, 0.717) is 0 Å². The van der Waals surface area contributed by atoms with Gasteiger partial charge in [-0.2, -0.15) is 0 Å². The van der Waals surface area contributed by atoms with Crippen molar-refractivity contribution in [3.8, 4) is 0 Å². The summed E-state index contributed by atoms with van der Waals surface area (Å²) in [4.78, 5) is 7.45. The fourth-order valence-electron chi connectivity index (χ4n) is 4.06. The maximum atomic E-state index is 4.27. The van der Waals surface area contributed by atoms with E-state index in [1.165, 1.54) is 51.4 Å². The third kappa shape index (κ3) is 3.59. The molecule has 1 heterocycles. The monoisotopic (exact) mass is 261 g/mol. The van der Waals surface area contributed by atoms with E-state index in [0.717, 1.165) is 36.7 Å². The summed E-state index contributed by atoms with van der Waals surface area (Å²) in [6, 6.07) is 0.788. The summed E-state index contributed by atoms with van der Waals surface area (Å²) in [7, 11) is 0. The smallest absolute Gasteiger partial charge is 0.106 e. The third-order valence-corrected chi connectivity index (χ3v) is 5.12. The summed E-state index contributed by atoms with van der Waals surface area (Å²) in [5.41, 5.74) is 0. The Bertz CT molecular complexity index is 360. The van der Waals surface area contributed by atoms with Crippen molar-refractivity contribution in [3.05, 3.63) is 18.2 Å². The van der Waals surface area contributed by atoms with Crippen LogP contribution in [0.3, 0.4) is 0 Å². The summed E-state index contributed by atoms with van der Waals surface area (Å²) in [5.74, 6) is 3.22. The topological polar surface area (TPSA) is 40.7 Å². The number of aryl methyl sites for hydroxylation is 1. The number of nitrogens with one attached hydrogen (secondary N) is 2. The Kier molecular flexibility index (Phi) is 4.54. The lowest BCUT2D eigenvalue weighted by atomic mass is 9.69. The molecule has 3 rings (SSSR count). The normalized spacial score (nSPS) is 31.1. The maximum Gasteiger partial charge on any atom is 0.106 e. The Morgan fingerprint density at radius 2 is 2.05 bits per heavy atom. The second-order valence-electron chi connectivity index (χ2n) is 6.41. The Hall–Kier alpha value is -0.830. The van der Waals surface area contributed by atoms with Crippen molar-refractivity contribution in [2.24, 2.45) is 11.8 Å². The first kappa shape index (κ1) is 13.2. The van der Waals surface area contributed by atoms with Crippen molar-refractivity contribution in [1.29, 1.82) is 0 Å². The lowest BCUT2D eigenvalue weighted by Gasteiger charge is -2.39. The largest absolute Gasteiger partial charge is 0.349 e. The van der Waals surface area contributed by atoms with Crippen molar-refractivity contribution >= 4 is 0 Å². The van der Waals surface area contributed by atoms with Crippen LogP contribution in [0.15, 0.2) is 12.4 Å². The van der Waals surface area contributed by atoms with Crippen LogP contribution in [-0.2, 0) is 6.42 Å². The highest BCUT2D eigenvalue weighted by molar-refractivity contribution is 4.88. The number of hydrogen-bond acceptors (Lipinski definition) is 2.